The average molecular weight is 468 g/mol. The predicted molar refractivity (Wildman–Crippen MR) is 125 cm³/mol. The second-order valence-electron chi connectivity index (χ2n) is 9.00. The van der Waals surface area contributed by atoms with Gasteiger partial charge in [-0.15, -0.1) is 0 Å². The molecule has 1 aromatic carbocycles. The minimum absolute atomic E-state index is 0.284. The molecule has 9 heteroatoms. The van der Waals surface area contributed by atoms with Crippen molar-refractivity contribution in [1.82, 2.24) is 19.4 Å². The van der Waals surface area contributed by atoms with Crippen molar-refractivity contribution in [2.45, 2.75) is 45.9 Å². The lowest BCUT2D eigenvalue weighted by Gasteiger charge is -2.30. The number of anilines is 1. The summed E-state index contributed by atoms with van der Waals surface area (Å²) >= 11 is 6.04. The standard InChI is InChI=1S/C24H26ClN5O3/c1-24(2,3)33-23(32)30-8-7-17-10-18(11-26-20(17)13-30)22(31)28-21-14-29(15-27-21)12-16-5-4-6-19(25)9-16/h4-6,9-11,14-15H,7-8,12-13H2,1-3H3,(H,28,31). The Hall–Kier alpha value is -3.39. The topological polar surface area (TPSA) is 89.4 Å². The largest absolute Gasteiger partial charge is 0.444 e. The van der Waals surface area contributed by atoms with Crippen LogP contribution in [0.4, 0.5) is 10.6 Å². The fraction of sp³-hybridized carbons (Fsp3) is 0.333. The number of nitrogens with one attached hydrogen (secondary N) is 1. The highest BCUT2D eigenvalue weighted by Crippen LogP contribution is 2.21. The van der Waals surface area contributed by atoms with Crippen LogP contribution in [0.5, 0.6) is 0 Å². The Morgan fingerprint density at radius 3 is 2.79 bits per heavy atom. The molecule has 0 fully saturated rings. The van der Waals surface area contributed by atoms with Crippen molar-refractivity contribution in [2.75, 3.05) is 11.9 Å². The normalized spacial score (nSPS) is 13.4. The molecule has 0 aliphatic carbocycles. The molecule has 0 unspecified atom stereocenters. The number of aromatic nitrogens is 3. The lowest BCUT2D eigenvalue weighted by Crippen LogP contribution is -2.40. The highest BCUT2D eigenvalue weighted by Gasteiger charge is 2.27. The van der Waals surface area contributed by atoms with Crippen LogP contribution in [0.25, 0.3) is 0 Å². The van der Waals surface area contributed by atoms with Gasteiger partial charge in [-0.1, -0.05) is 23.7 Å². The Labute approximate surface area is 197 Å². The summed E-state index contributed by atoms with van der Waals surface area (Å²) in [5.41, 5.74) is 2.66. The monoisotopic (exact) mass is 467 g/mol. The van der Waals surface area contributed by atoms with E-state index in [0.29, 0.717) is 42.5 Å². The molecule has 3 heterocycles. The Kier molecular flexibility index (Phi) is 6.37. The van der Waals surface area contributed by atoms with Crippen LogP contribution in [0.2, 0.25) is 5.02 Å². The maximum absolute atomic E-state index is 12.7. The molecule has 8 nitrogen and oxygen atoms in total. The van der Waals surface area contributed by atoms with Gasteiger partial charge in [-0.3, -0.25) is 9.78 Å². The number of carbonyl (C=O) groups is 2. The molecule has 0 saturated heterocycles. The summed E-state index contributed by atoms with van der Waals surface area (Å²) in [6.45, 7) is 6.99. The summed E-state index contributed by atoms with van der Waals surface area (Å²) in [4.78, 5) is 35.4. The van der Waals surface area contributed by atoms with Gasteiger partial charge in [-0.25, -0.2) is 9.78 Å². The van der Waals surface area contributed by atoms with Crippen molar-refractivity contribution in [3.05, 3.63) is 76.5 Å². The fourth-order valence-electron chi connectivity index (χ4n) is 3.56. The van der Waals surface area contributed by atoms with Gasteiger partial charge >= 0.3 is 6.09 Å². The summed E-state index contributed by atoms with van der Waals surface area (Å²) in [5.74, 6) is 0.170. The lowest BCUT2D eigenvalue weighted by molar-refractivity contribution is 0.0220. The van der Waals surface area contributed by atoms with E-state index >= 15 is 0 Å². The van der Waals surface area contributed by atoms with Gasteiger partial charge in [0, 0.05) is 30.5 Å². The van der Waals surface area contributed by atoms with E-state index < -0.39 is 5.60 Å². The molecule has 3 aromatic rings. The molecule has 33 heavy (non-hydrogen) atoms. The predicted octanol–water partition coefficient (Wildman–Crippen LogP) is 4.53. The van der Waals surface area contributed by atoms with E-state index in [-0.39, 0.29) is 12.0 Å². The van der Waals surface area contributed by atoms with E-state index in [0.717, 1.165) is 16.8 Å². The number of halogens is 1. The summed E-state index contributed by atoms with van der Waals surface area (Å²) in [6, 6.07) is 9.42. The van der Waals surface area contributed by atoms with Gasteiger partial charge in [0.1, 0.15) is 5.60 Å². The smallest absolute Gasteiger partial charge is 0.410 e. The third-order valence-electron chi connectivity index (χ3n) is 5.09. The van der Waals surface area contributed by atoms with Gasteiger partial charge in [-0.2, -0.15) is 0 Å². The van der Waals surface area contributed by atoms with Crippen LogP contribution in [0.15, 0.2) is 49.1 Å². The van der Waals surface area contributed by atoms with Crippen molar-refractivity contribution in [2.24, 2.45) is 0 Å². The first-order valence-electron chi connectivity index (χ1n) is 10.7. The number of pyridine rings is 1. The van der Waals surface area contributed by atoms with Crippen molar-refractivity contribution in [1.29, 1.82) is 0 Å². The maximum Gasteiger partial charge on any atom is 0.410 e. The Bertz CT molecular complexity index is 1180. The number of nitrogens with zero attached hydrogens (tertiary/aromatic N) is 4. The molecule has 4 rings (SSSR count). The summed E-state index contributed by atoms with van der Waals surface area (Å²) in [6.07, 6.45) is 5.20. The van der Waals surface area contributed by atoms with Crippen LogP contribution in [-0.4, -0.2) is 43.6 Å². The van der Waals surface area contributed by atoms with Crippen LogP contribution in [-0.2, 0) is 24.2 Å². The van der Waals surface area contributed by atoms with Crippen LogP contribution in [0.1, 0.15) is 48.0 Å². The average Bonchev–Trinajstić information content (AvgIpc) is 3.18. The van der Waals surface area contributed by atoms with E-state index in [2.05, 4.69) is 15.3 Å². The van der Waals surface area contributed by atoms with Crippen LogP contribution >= 0.6 is 11.6 Å². The first kappa shape index (κ1) is 22.8. The number of rotatable bonds is 4. The molecule has 1 aliphatic heterocycles. The van der Waals surface area contributed by atoms with Crippen molar-refractivity contribution in [3.8, 4) is 0 Å². The third kappa shape index (κ3) is 5.90. The van der Waals surface area contributed by atoms with Crippen LogP contribution in [0.3, 0.4) is 0 Å². The summed E-state index contributed by atoms with van der Waals surface area (Å²) in [7, 11) is 0. The molecule has 172 valence electrons. The molecular formula is C24H26ClN5O3. The minimum atomic E-state index is -0.548. The zero-order valence-electron chi connectivity index (χ0n) is 18.8. The van der Waals surface area contributed by atoms with Crippen molar-refractivity contribution >= 4 is 29.4 Å². The second kappa shape index (κ2) is 9.23. The van der Waals surface area contributed by atoms with Gasteiger partial charge in [0.25, 0.3) is 5.91 Å². The van der Waals surface area contributed by atoms with Crippen molar-refractivity contribution in [3.63, 3.8) is 0 Å². The molecule has 0 spiro atoms. The maximum atomic E-state index is 12.7. The van der Waals surface area contributed by atoms with E-state index in [1.54, 1.807) is 17.4 Å². The zero-order valence-corrected chi connectivity index (χ0v) is 19.6. The minimum Gasteiger partial charge on any atom is -0.444 e. The van der Waals surface area contributed by atoms with E-state index in [1.165, 1.54) is 6.20 Å². The number of amides is 2. The summed E-state index contributed by atoms with van der Waals surface area (Å²) < 4.78 is 7.32. The molecule has 1 aliphatic rings. The number of hydrogen-bond acceptors (Lipinski definition) is 5. The molecule has 0 bridgehead atoms. The second-order valence-corrected chi connectivity index (χ2v) is 9.43. The quantitative estimate of drug-likeness (QED) is 0.609. The van der Waals surface area contributed by atoms with Gasteiger partial charge in [-0.05, 0) is 56.5 Å². The molecular weight excluding hydrogens is 442 g/mol. The molecule has 2 amide bonds. The molecule has 2 aromatic heterocycles. The number of imidazole rings is 1. The molecule has 1 N–H and O–H groups in total. The number of ether oxygens (including phenoxy) is 1. The Balaban J connectivity index is 1.38. The van der Waals surface area contributed by atoms with Gasteiger partial charge in [0.15, 0.2) is 5.82 Å². The first-order valence-corrected chi connectivity index (χ1v) is 11.1. The van der Waals surface area contributed by atoms with Crippen LogP contribution < -0.4 is 5.32 Å². The number of hydrogen-bond donors (Lipinski definition) is 1. The molecule has 0 atom stereocenters. The van der Waals surface area contributed by atoms with Gasteiger partial charge < -0.3 is 19.5 Å². The fourth-order valence-corrected chi connectivity index (χ4v) is 3.78. The third-order valence-corrected chi connectivity index (χ3v) is 5.33. The summed E-state index contributed by atoms with van der Waals surface area (Å²) in [5, 5.41) is 3.49. The van der Waals surface area contributed by atoms with Crippen molar-refractivity contribution < 1.29 is 14.3 Å². The van der Waals surface area contributed by atoms with E-state index in [4.69, 9.17) is 16.3 Å². The van der Waals surface area contributed by atoms with E-state index in [1.807, 2.05) is 55.7 Å². The number of carbonyl (C=O) groups excluding carboxylic acids is 2. The van der Waals surface area contributed by atoms with E-state index in [9.17, 15) is 9.59 Å². The van der Waals surface area contributed by atoms with Gasteiger partial charge in [0.2, 0.25) is 0 Å². The number of benzene rings is 1. The lowest BCUT2D eigenvalue weighted by atomic mass is 10.0. The van der Waals surface area contributed by atoms with Gasteiger partial charge in [0.05, 0.1) is 24.1 Å². The zero-order chi connectivity index (χ0) is 23.6. The molecule has 0 saturated carbocycles. The Morgan fingerprint density at radius 2 is 2.03 bits per heavy atom. The highest BCUT2D eigenvalue weighted by molar-refractivity contribution is 6.30. The highest BCUT2D eigenvalue weighted by atomic mass is 35.5. The SMILES string of the molecule is CC(C)(C)OC(=O)N1CCc2cc(C(=O)Nc3cn(Cc4cccc(Cl)c4)cn3)cnc2C1. The van der Waals surface area contributed by atoms with Crippen LogP contribution in [0, 0.1) is 0 Å². The number of fused-ring (bicyclic) bond motifs is 1. The first-order chi connectivity index (χ1) is 15.7. The molecule has 0 radical (unpaired) electrons. The Morgan fingerprint density at radius 1 is 1.21 bits per heavy atom.